The molecule has 6 nitrogen and oxygen atoms in total. The average Bonchev–Trinajstić information content (AvgIpc) is 2.38. The molecule has 0 spiro atoms. The lowest BCUT2D eigenvalue weighted by Crippen LogP contribution is -2.39. The molecule has 0 saturated carbocycles. The highest BCUT2D eigenvalue weighted by molar-refractivity contribution is 5.97. The molecule has 98 valence electrons. The van der Waals surface area contributed by atoms with Gasteiger partial charge in [-0.2, -0.15) is 0 Å². The molecule has 0 aliphatic carbocycles. The zero-order valence-corrected chi connectivity index (χ0v) is 10.3. The summed E-state index contributed by atoms with van der Waals surface area (Å²) < 4.78 is 0. The van der Waals surface area contributed by atoms with Crippen LogP contribution in [0.1, 0.15) is 17.3 Å². The van der Waals surface area contributed by atoms with Crippen molar-refractivity contribution in [1.29, 1.82) is 0 Å². The number of hydrogen-bond acceptors (Lipinski definition) is 4. The van der Waals surface area contributed by atoms with Gasteiger partial charge in [-0.3, -0.25) is 9.59 Å². The molecule has 0 atom stereocenters. The van der Waals surface area contributed by atoms with Crippen LogP contribution in [0.3, 0.4) is 0 Å². The highest BCUT2D eigenvalue weighted by atomic mass is 16.3. The third-order valence-corrected chi connectivity index (χ3v) is 2.50. The number of amides is 2. The molecular formula is C12H16N2O4. The zero-order valence-electron chi connectivity index (χ0n) is 10.3. The Bertz CT molecular complexity index is 459. The Morgan fingerprint density at radius 2 is 1.94 bits per heavy atom. The maximum Gasteiger partial charge on any atom is 0.254 e. The van der Waals surface area contributed by atoms with Gasteiger partial charge in [0.15, 0.2) is 11.5 Å². The van der Waals surface area contributed by atoms with Gasteiger partial charge in [-0.05, 0) is 25.1 Å². The van der Waals surface area contributed by atoms with Crippen LogP contribution in [-0.2, 0) is 4.79 Å². The fourth-order valence-corrected chi connectivity index (χ4v) is 1.42. The lowest BCUT2D eigenvalue weighted by molar-refractivity contribution is -0.121. The second-order valence-corrected chi connectivity index (χ2v) is 3.70. The quantitative estimate of drug-likeness (QED) is 0.672. The number of nitrogens with one attached hydrogen (secondary N) is 1. The van der Waals surface area contributed by atoms with Gasteiger partial charge in [0, 0.05) is 19.2 Å². The molecule has 0 aliphatic heterocycles. The Kier molecular flexibility index (Phi) is 4.53. The fraction of sp³-hybridized carbons (Fsp3) is 0.333. The minimum atomic E-state index is -0.378. The van der Waals surface area contributed by atoms with E-state index in [1.807, 2.05) is 0 Å². The minimum absolute atomic E-state index is 0.0481. The van der Waals surface area contributed by atoms with E-state index in [1.54, 1.807) is 6.92 Å². The van der Waals surface area contributed by atoms with Crippen LogP contribution in [0.25, 0.3) is 0 Å². The van der Waals surface area contributed by atoms with Gasteiger partial charge in [0.2, 0.25) is 5.91 Å². The van der Waals surface area contributed by atoms with Crippen LogP contribution in [0.2, 0.25) is 0 Å². The number of hydrogen-bond donors (Lipinski definition) is 3. The smallest absolute Gasteiger partial charge is 0.254 e. The van der Waals surface area contributed by atoms with Gasteiger partial charge in [0.05, 0.1) is 6.54 Å². The first kappa shape index (κ1) is 13.8. The third kappa shape index (κ3) is 3.13. The number of nitrogens with zero attached hydrogens (tertiary/aromatic N) is 1. The van der Waals surface area contributed by atoms with E-state index in [4.69, 9.17) is 5.11 Å². The SMILES string of the molecule is CCN(CC(=O)NC)C(=O)c1ccc(O)c(O)c1. The largest absolute Gasteiger partial charge is 0.504 e. The summed E-state index contributed by atoms with van der Waals surface area (Å²) in [6.45, 7) is 2.07. The second kappa shape index (κ2) is 5.90. The molecule has 0 aromatic heterocycles. The van der Waals surface area contributed by atoms with Crippen molar-refractivity contribution in [2.45, 2.75) is 6.92 Å². The van der Waals surface area contributed by atoms with Crippen LogP contribution < -0.4 is 5.32 Å². The normalized spacial score (nSPS) is 9.89. The first-order chi connectivity index (χ1) is 8.49. The van der Waals surface area contributed by atoms with Gasteiger partial charge in [-0.1, -0.05) is 0 Å². The van der Waals surface area contributed by atoms with Gasteiger partial charge < -0.3 is 20.4 Å². The van der Waals surface area contributed by atoms with E-state index in [0.29, 0.717) is 6.54 Å². The van der Waals surface area contributed by atoms with Crippen LogP contribution in [0.4, 0.5) is 0 Å². The van der Waals surface area contributed by atoms with Crippen LogP contribution in [-0.4, -0.2) is 47.1 Å². The predicted molar refractivity (Wildman–Crippen MR) is 65.4 cm³/mol. The van der Waals surface area contributed by atoms with E-state index >= 15 is 0 Å². The number of benzene rings is 1. The van der Waals surface area contributed by atoms with Crippen molar-refractivity contribution < 1.29 is 19.8 Å². The molecule has 0 unspecified atom stereocenters. The van der Waals surface area contributed by atoms with Crippen LogP contribution in [0.5, 0.6) is 11.5 Å². The van der Waals surface area contributed by atoms with Crippen LogP contribution in [0.15, 0.2) is 18.2 Å². The highest BCUT2D eigenvalue weighted by Gasteiger charge is 2.17. The fourth-order valence-electron chi connectivity index (χ4n) is 1.42. The van der Waals surface area contributed by atoms with Gasteiger partial charge in [-0.25, -0.2) is 0 Å². The molecular weight excluding hydrogens is 236 g/mol. The number of phenols is 2. The van der Waals surface area contributed by atoms with Crippen LogP contribution >= 0.6 is 0 Å². The summed E-state index contributed by atoms with van der Waals surface area (Å²) in [7, 11) is 1.49. The standard InChI is InChI=1S/C12H16N2O4/c1-3-14(7-11(17)13-2)12(18)8-4-5-9(15)10(16)6-8/h4-6,15-16H,3,7H2,1-2H3,(H,13,17). The maximum absolute atomic E-state index is 12.0. The highest BCUT2D eigenvalue weighted by Crippen LogP contribution is 2.25. The van der Waals surface area contributed by atoms with E-state index in [2.05, 4.69) is 5.32 Å². The summed E-state index contributed by atoms with van der Waals surface area (Å²) in [4.78, 5) is 24.6. The van der Waals surface area contributed by atoms with E-state index in [0.717, 1.165) is 0 Å². The molecule has 6 heteroatoms. The lowest BCUT2D eigenvalue weighted by Gasteiger charge is -2.20. The molecule has 3 N–H and O–H groups in total. The topological polar surface area (TPSA) is 89.9 Å². The summed E-state index contributed by atoms with van der Waals surface area (Å²) in [5.74, 6) is -1.30. The second-order valence-electron chi connectivity index (χ2n) is 3.70. The molecule has 1 rings (SSSR count). The van der Waals surface area contributed by atoms with Crippen molar-refractivity contribution in [3.63, 3.8) is 0 Å². The van der Waals surface area contributed by atoms with E-state index < -0.39 is 0 Å². The first-order valence-corrected chi connectivity index (χ1v) is 5.51. The van der Waals surface area contributed by atoms with Crippen molar-refractivity contribution in [3.05, 3.63) is 23.8 Å². The van der Waals surface area contributed by atoms with Crippen molar-refractivity contribution >= 4 is 11.8 Å². The maximum atomic E-state index is 12.0. The molecule has 1 aromatic rings. The van der Waals surface area contributed by atoms with Gasteiger partial charge in [0.25, 0.3) is 5.91 Å². The van der Waals surface area contributed by atoms with Gasteiger partial charge in [-0.15, -0.1) is 0 Å². The molecule has 0 heterocycles. The third-order valence-electron chi connectivity index (χ3n) is 2.50. The first-order valence-electron chi connectivity index (χ1n) is 5.51. The number of aromatic hydroxyl groups is 2. The Hall–Kier alpha value is -2.24. The summed E-state index contributed by atoms with van der Waals surface area (Å²) >= 11 is 0. The molecule has 0 fully saturated rings. The van der Waals surface area contributed by atoms with E-state index in [9.17, 15) is 14.7 Å². The Balaban J connectivity index is 2.89. The number of likely N-dealkylation sites (N-methyl/N-ethyl adjacent to an activating group) is 2. The van der Waals surface area contributed by atoms with Gasteiger partial charge >= 0.3 is 0 Å². The van der Waals surface area contributed by atoms with Crippen molar-refractivity contribution in [1.82, 2.24) is 10.2 Å². The summed E-state index contributed by atoms with van der Waals surface area (Å²) in [6.07, 6.45) is 0. The monoisotopic (exact) mass is 252 g/mol. The van der Waals surface area contributed by atoms with Crippen molar-refractivity contribution in [2.24, 2.45) is 0 Å². The molecule has 0 aliphatic rings. The van der Waals surface area contributed by atoms with Crippen molar-refractivity contribution in [3.8, 4) is 11.5 Å². The molecule has 18 heavy (non-hydrogen) atoms. The Labute approximate surface area is 105 Å². The van der Waals surface area contributed by atoms with E-state index in [-0.39, 0.29) is 35.4 Å². The van der Waals surface area contributed by atoms with Crippen molar-refractivity contribution in [2.75, 3.05) is 20.1 Å². The predicted octanol–water partition coefficient (Wildman–Crippen LogP) is 0.306. The average molecular weight is 252 g/mol. The minimum Gasteiger partial charge on any atom is -0.504 e. The summed E-state index contributed by atoms with van der Waals surface area (Å²) in [5, 5.41) is 20.9. The molecule has 0 saturated heterocycles. The Morgan fingerprint density at radius 3 is 2.44 bits per heavy atom. The number of rotatable bonds is 4. The summed E-state index contributed by atoms with van der Waals surface area (Å²) in [6, 6.07) is 3.80. The van der Waals surface area contributed by atoms with E-state index in [1.165, 1.54) is 30.1 Å². The number of carbonyl (C=O) groups excluding carboxylic acids is 2. The molecule has 0 bridgehead atoms. The zero-order chi connectivity index (χ0) is 13.7. The molecule has 1 aromatic carbocycles. The Morgan fingerprint density at radius 1 is 1.28 bits per heavy atom. The summed E-state index contributed by atoms with van der Waals surface area (Å²) in [5.41, 5.74) is 0.219. The van der Waals surface area contributed by atoms with Crippen LogP contribution in [0, 0.1) is 0 Å². The molecule has 0 radical (unpaired) electrons. The van der Waals surface area contributed by atoms with Gasteiger partial charge in [0.1, 0.15) is 0 Å². The number of phenolic OH excluding ortho intramolecular Hbond substituents is 2. The number of carbonyl (C=O) groups is 2. The lowest BCUT2D eigenvalue weighted by atomic mass is 10.1. The molecule has 2 amide bonds.